The zero-order valence-corrected chi connectivity index (χ0v) is 14.8. The predicted octanol–water partition coefficient (Wildman–Crippen LogP) is 3.05. The summed E-state index contributed by atoms with van der Waals surface area (Å²) in [5.41, 5.74) is 0. The summed E-state index contributed by atoms with van der Waals surface area (Å²) in [7, 11) is 0. The highest BCUT2D eigenvalue weighted by Gasteiger charge is 2.30. The van der Waals surface area contributed by atoms with Crippen molar-refractivity contribution in [3.05, 3.63) is 30.3 Å². The zero-order valence-electron chi connectivity index (χ0n) is 14.0. The van der Waals surface area contributed by atoms with Crippen molar-refractivity contribution in [2.24, 2.45) is 5.92 Å². The van der Waals surface area contributed by atoms with Crippen LogP contribution in [-0.2, 0) is 4.79 Å². The Morgan fingerprint density at radius 2 is 2.12 bits per heavy atom. The van der Waals surface area contributed by atoms with Gasteiger partial charge in [0.2, 0.25) is 5.91 Å². The third-order valence-corrected chi connectivity index (χ3v) is 6.28. The van der Waals surface area contributed by atoms with Crippen molar-refractivity contribution in [1.82, 2.24) is 10.2 Å². The highest BCUT2D eigenvalue weighted by atomic mass is 32.2. The van der Waals surface area contributed by atoms with Crippen LogP contribution in [-0.4, -0.2) is 41.7 Å². The molecule has 0 spiro atoms. The lowest BCUT2D eigenvalue weighted by Gasteiger charge is -2.21. The number of rotatable bonds is 6. The van der Waals surface area contributed by atoms with Gasteiger partial charge in [-0.25, -0.2) is 0 Å². The van der Waals surface area contributed by atoms with E-state index in [1.165, 1.54) is 11.3 Å². The topological polar surface area (TPSA) is 56.1 Å². The number of nitriles is 1. The van der Waals surface area contributed by atoms with Crippen molar-refractivity contribution in [2.75, 3.05) is 18.8 Å². The van der Waals surface area contributed by atoms with Crippen LogP contribution >= 0.6 is 11.8 Å². The Morgan fingerprint density at radius 1 is 1.29 bits per heavy atom. The predicted molar refractivity (Wildman–Crippen MR) is 96.6 cm³/mol. The smallest absolute Gasteiger partial charge is 0.237 e. The molecule has 1 saturated carbocycles. The second-order valence-corrected chi connectivity index (χ2v) is 7.85. The number of nitrogens with zero attached hydrogens (tertiary/aromatic N) is 2. The van der Waals surface area contributed by atoms with Crippen LogP contribution in [0.5, 0.6) is 0 Å². The van der Waals surface area contributed by atoms with E-state index < -0.39 is 0 Å². The van der Waals surface area contributed by atoms with Crippen molar-refractivity contribution in [2.45, 2.75) is 49.1 Å². The molecule has 0 unspecified atom stereocenters. The number of carbonyl (C=O) groups excluding carboxylic acids is 1. The van der Waals surface area contributed by atoms with E-state index in [1.807, 2.05) is 17.8 Å². The van der Waals surface area contributed by atoms with Crippen LogP contribution in [0.4, 0.5) is 0 Å². The van der Waals surface area contributed by atoms with Crippen molar-refractivity contribution < 1.29 is 4.79 Å². The molecule has 0 bridgehead atoms. The highest BCUT2D eigenvalue weighted by Crippen LogP contribution is 2.31. The molecule has 4 nitrogen and oxygen atoms in total. The molecule has 3 rings (SSSR count). The fraction of sp³-hybridized carbons (Fsp3) is 0.579. The second kappa shape index (κ2) is 8.55. The van der Waals surface area contributed by atoms with E-state index in [0.29, 0.717) is 12.6 Å². The minimum atomic E-state index is -0.210. The van der Waals surface area contributed by atoms with Crippen LogP contribution in [0.3, 0.4) is 0 Å². The van der Waals surface area contributed by atoms with Gasteiger partial charge < -0.3 is 10.2 Å². The minimum absolute atomic E-state index is 0.0844. The summed E-state index contributed by atoms with van der Waals surface area (Å²) in [4.78, 5) is 15.3. The van der Waals surface area contributed by atoms with Gasteiger partial charge in [-0.05, 0) is 50.2 Å². The fourth-order valence-electron chi connectivity index (χ4n) is 3.68. The van der Waals surface area contributed by atoms with Gasteiger partial charge in [-0.15, -0.1) is 11.8 Å². The Bertz CT molecular complexity index is 586. The van der Waals surface area contributed by atoms with Gasteiger partial charge in [0, 0.05) is 23.2 Å². The largest absolute Gasteiger partial charge is 0.326 e. The summed E-state index contributed by atoms with van der Waals surface area (Å²) in [6.45, 7) is 1.11. The maximum absolute atomic E-state index is 12.3. The summed E-state index contributed by atoms with van der Waals surface area (Å²) in [5.74, 6) is 1.96. The molecule has 3 atom stereocenters. The van der Waals surface area contributed by atoms with Crippen LogP contribution in [0.2, 0.25) is 0 Å². The Labute approximate surface area is 148 Å². The van der Waals surface area contributed by atoms with Crippen LogP contribution < -0.4 is 5.32 Å². The minimum Gasteiger partial charge on any atom is -0.326 e. The zero-order chi connectivity index (χ0) is 16.8. The monoisotopic (exact) mass is 343 g/mol. The SMILES string of the molecule is N#C[C@@H]1CCCN1C(=O)CN[C@H]1CC[C@@H](CSc2ccccc2)C1. The average molecular weight is 343 g/mol. The molecule has 1 aliphatic carbocycles. The van der Waals surface area contributed by atoms with E-state index >= 15 is 0 Å². The lowest BCUT2D eigenvalue weighted by Crippen LogP contribution is -2.42. The van der Waals surface area contributed by atoms with E-state index in [1.54, 1.807) is 4.90 Å². The third-order valence-electron chi connectivity index (χ3n) is 5.03. The molecule has 1 amide bonds. The van der Waals surface area contributed by atoms with Crippen molar-refractivity contribution in [1.29, 1.82) is 5.26 Å². The Kier molecular flexibility index (Phi) is 6.17. The Hall–Kier alpha value is -1.51. The average Bonchev–Trinajstić information content (AvgIpc) is 3.28. The van der Waals surface area contributed by atoms with Gasteiger partial charge in [0.25, 0.3) is 0 Å². The number of hydrogen-bond acceptors (Lipinski definition) is 4. The summed E-state index contributed by atoms with van der Waals surface area (Å²) < 4.78 is 0. The summed E-state index contributed by atoms with van der Waals surface area (Å²) in [5, 5.41) is 12.5. The van der Waals surface area contributed by atoms with E-state index in [9.17, 15) is 4.79 Å². The molecule has 1 aromatic rings. The summed E-state index contributed by atoms with van der Waals surface area (Å²) >= 11 is 1.93. The molecular weight excluding hydrogens is 318 g/mol. The number of likely N-dealkylation sites (tertiary alicyclic amines) is 1. The molecule has 2 aliphatic rings. The highest BCUT2D eigenvalue weighted by molar-refractivity contribution is 7.99. The third kappa shape index (κ3) is 4.52. The van der Waals surface area contributed by atoms with Gasteiger partial charge >= 0.3 is 0 Å². The van der Waals surface area contributed by atoms with Crippen LogP contribution in [0, 0.1) is 17.2 Å². The molecule has 24 heavy (non-hydrogen) atoms. The molecule has 1 aromatic carbocycles. The van der Waals surface area contributed by atoms with Gasteiger partial charge in [-0.2, -0.15) is 5.26 Å². The number of nitrogens with one attached hydrogen (secondary N) is 1. The first kappa shape index (κ1) is 17.3. The standard InChI is InChI=1S/C19H25N3OS/c20-12-17-5-4-10-22(17)19(23)13-21-16-9-8-15(11-16)14-24-18-6-2-1-3-7-18/h1-3,6-7,15-17,21H,4-5,8-11,13-14H2/t15-,16+,17+/m1/s1. The Balaban J connectivity index is 1.37. The maximum atomic E-state index is 12.3. The van der Waals surface area contributed by atoms with E-state index in [2.05, 4.69) is 35.7 Å². The van der Waals surface area contributed by atoms with Gasteiger partial charge in [0.1, 0.15) is 6.04 Å². The molecule has 1 saturated heterocycles. The van der Waals surface area contributed by atoms with Crippen LogP contribution in [0.15, 0.2) is 35.2 Å². The van der Waals surface area contributed by atoms with Crippen molar-refractivity contribution in [3.63, 3.8) is 0 Å². The number of hydrogen-bond donors (Lipinski definition) is 1. The molecular formula is C19H25N3OS. The first-order valence-electron chi connectivity index (χ1n) is 8.86. The van der Waals surface area contributed by atoms with E-state index in [4.69, 9.17) is 5.26 Å². The number of carbonyl (C=O) groups is 1. The van der Waals surface area contributed by atoms with E-state index in [-0.39, 0.29) is 11.9 Å². The fourth-order valence-corrected chi connectivity index (χ4v) is 4.76. The lowest BCUT2D eigenvalue weighted by molar-refractivity contribution is -0.130. The second-order valence-electron chi connectivity index (χ2n) is 6.76. The first-order valence-corrected chi connectivity index (χ1v) is 9.85. The number of thioether (sulfide) groups is 1. The maximum Gasteiger partial charge on any atom is 0.237 e. The van der Waals surface area contributed by atoms with Gasteiger partial charge in [-0.3, -0.25) is 4.79 Å². The van der Waals surface area contributed by atoms with E-state index in [0.717, 1.165) is 43.9 Å². The quantitative estimate of drug-likeness (QED) is 0.807. The van der Waals surface area contributed by atoms with Gasteiger partial charge in [0.05, 0.1) is 12.6 Å². The summed E-state index contributed by atoms with van der Waals surface area (Å²) in [6.07, 6.45) is 5.30. The molecule has 0 aromatic heterocycles. The number of amides is 1. The van der Waals surface area contributed by atoms with Gasteiger partial charge in [0.15, 0.2) is 0 Å². The van der Waals surface area contributed by atoms with Gasteiger partial charge in [-0.1, -0.05) is 18.2 Å². The Morgan fingerprint density at radius 3 is 2.92 bits per heavy atom. The summed E-state index contributed by atoms with van der Waals surface area (Å²) in [6, 6.07) is 13.0. The molecule has 1 aliphatic heterocycles. The number of benzene rings is 1. The van der Waals surface area contributed by atoms with Crippen molar-refractivity contribution >= 4 is 17.7 Å². The molecule has 128 valence electrons. The molecule has 2 fully saturated rings. The first-order chi connectivity index (χ1) is 11.8. The lowest BCUT2D eigenvalue weighted by atomic mass is 10.1. The normalized spacial score (nSPS) is 26.5. The van der Waals surface area contributed by atoms with Crippen LogP contribution in [0.1, 0.15) is 32.1 Å². The molecule has 1 heterocycles. The molecule has 0 radical (unpaired) electrons. The molecule has 5 heteroatoms. The van der Waals surface area contributed by atoms with Crippen molar-refractivity contribution in [3.8, 4) is 6.07 Å². The molecule has 1 N–H and O–H groups in total. The van der Waals surface area contributed by atoms with Crippen LogP contribution in [0.25, 0.3) is 0 Å².